The third kappa shape index (κ3) is 13.8. The maximum atomic E-state index is 9.70. The summed E-state index contributed by atoms with van der Waals surface area (Å²) < 4.78 is 15.4. The first-order valence-corrected chi connectivity index (χ1v) is 33.8. The fraction of sp³-hybridized carbons (Fsp3) is 0.287. The predicted molar refractivity (Wildman–Crippen MR) is 375 cm³/mol. The number of nitriles is 1. The molecule has 0 bridgehead atoms. The molecule has 8 heteroatoms. The fourth-order valence-electron chi connectivity index (χ4n) is 12.3. The van der Waals surface area contributed by atoms with Crippen LogP contribution in [0.1, 0.15) is 133 Å². The zero-order valence-electron chi connectivity index (χ0n) is 52.4. The lowest BCUT2D eigenvalue weighted by Crippen LogP contribution is -2.04. The van der Waals surface area contributed by atoms with Gasteiger partial charge in [0.2, 0.25) is 0 Å². The number of thiophene rings is 2. The van der Waals surface area contributed by atoms with E-state index in [4.69, 9.17) is 19.4 Å². The Morgan fingerprint density at radius 2 is 1.16 bits per heavy atom. The molecule has 0 fully saturated rings. The van der Waals surface area contributed by atoms with Gasteiger partial charge in [-0.1, -0.05) is 207 Å². The van der Waals surface area contributed by atoms with Crippen molar-refractivity contribution < 1.29 is 9.47 Å². The summed E-state index contributed by atoms with van der Waals surface area (Å²) in [6.07, 6.45) is 19.2. The molecular formula is C80H82N4O2S2. The summed E-state index contributed by atoms with van der Waals surface area (Å²) in [7, 11) is 0. The fourth-order valence-corrected chi connectivity index (χ4v) is 14.4. The predicted octanol–water partition coefficient (Wildman–Crippen LogP) is 23.6. The molecule has 0 saturated carbocycles. The van der Waals surface area contributed by atoms with Crippen molar-refractivity contribution in [2.24, 2.45) is 5.92 Å². The van der Waals surface area contributed by atoms with E-state index in [0.29, 0.717) is 18.1 Å². The summed E-state index contributed by atoms with van der Waals surface area (Å²) in [6, 6.07) is 64.0. The van der Waals surface area contributed by atoms with Gasteiger partial charge in [0.05, 0.1) is 57.8 Å². The highest BCUT2D eigenvalue weighted by molar-refractivity contribution is 7.19. The third-order valence-corrected chi connectivity index (χ3v) is 19.4. The lowest BCUT2D eigenvalue weighted by Gasteiger charge is -2.17. The number of nitrogens with zero attached hydrogens (tertiary/aromatic N) is 4. The molecule has 1 unspecified atom stereocenters. The summed E-state index contributed by atoms with van der Waals surface area (Å²) >= 11 is 3.49. The number of hydrogen-bond donors (Lipinski definition) is 0. The van der Waals surface area contributed by atoms with Crippen LogP contribution < -0.4 is 9.47 Å². The van der Waals surface area contributed by atoms with Gasteiger partial charge in [0.15, 0.2) is 0 Å². The Morgan fingerprint density at radius 1 is 0.557 bits per heavy atom. The van der Waals surface area contributed by atoms with E-state index in [1.54, 1.807) is 11.3 Å². The molecule has 88 heavy (non-hydrogen) atoms. The Labute approximate surface area is 530 Å². The number of aromatic nitrogens is 3. The van der Waals surface area contributed by atoms with Crippen molar-refractivity contribution in [2.45, 2.75) is 132 Å². The molecule has 0 amide bonds. The lowest BCUT2D eigenvalue weighted by atomic mass is 9.87. The second-order valence-corrected chi connectivity index (χ2v) is 25.9. The molecule has 11 rings (SSSR count). The van der Waals surface area contributed by atoms with Crippen LogP contribution in [-0.2, 0) is 6.42 Å². The van der Waals surface area contributed by atoms with Crippen LogP contribution in [0.5, 0.6) is 11.5 Å². The molecule has 0 spiro atoms. The number of pyridine rings is 1. The van der Waals surface area contributed by atoms with Crippen LogP contribution in [0.3, 0.4) is 0 Å². The molecule has 6 nitrogen and oxygen atoms in total. The van der Waals surface area contributed by atoms with Crippen LogP contribution in [0.25, 0.3) is 110 Å². The maximum Gasteiger partial charge on any atom is 0.127 e. The van der Waals surface area contributed by atoms with E-state index in [2.05, 4.69) is 222 Å². The van der Waals surface area contributed by atoms with E-state index in [0.717, 1.165) is 114 Å². The molecule has 1 atom stereocenters. The average molecular weight is 1200 g/mol. The molecule has 5 aromatic heterocycles. The zero-order valence-corrected chi connectivity index (χ0v) is 54.1. The van der Waals surface area contributed by atoms with Crippen LogP contribution in [0.2, 0.25) is 0 Å². The SMILES string of the molecule is CCCCCCOc1ccc(-c2ccc(-c3c(CC(CC)CCCC)c4cc(-c5ccc(C)cc5OCCCCCC)ccn4c3-c3ccc(-c4ccc(-c5ccc(/C=C(/C)C#N)s5)c5nc(-c6ccccc6)c(-c6ccccc6)nc45)s3)cc2)c(C)c1. The number of ether oxygens (including phenoxy) is 2. The molecule has 0 aliphatic rings. The summed E-state index contributed by atoms with van der Waals surface area (Å²) in [5.74, 6) is 2.39. The molecule has 6 aromatic carbocycles. The van der Waals surface area contributed by atoms with E-state index in [-0.39, 0.29) is 0 Å². The Morgan fingerprint density at radius 3 is 1.80 bits per heavy atom. The molecule has 0 N–H and O–H groups in total. The van der Waals surface area contributed by atoms with Gasteiger partial charge in [0, 0.05) is 59.8 Å². The van der Waals surface area contributed by atoms with Crippen molar-refractivity contribution in [2.75, 3.05) is 13.2 Å². The Balaban J connectivity index is 1.11. The van der Waals surface area contributed by atoms with Crippen LogP contribution in [0.4, 0.5) is 0 Å². The van der Waals surface area contributed by atoms with Crippen molar-refractivity contribution in [1.82, 2.24) is 14.4 Å². The van der Waals surface area contributed by atoms with Crippen molar-refractivity contribution in [3.8, 4) is 105 Å². The highest BCUT2D eigenvalue weighted by Gasteiger charge is 2.27. The number of aryl methyl sites for hydroxylation is 2. The number of allylic oxidation sites excluding steroid dienone is 1. The Bertz CT molecular complexity index is 4240. The second kappa shape index (κ2) is 29.1. The highest BCUT2D eigenvalue weighted by Crippen LogP contribution is 2.49. The van der Waals surface area contributed by atoms with Crippen molar-refractivity contribution in [3.05, 3.63) is 203 Å². The quantitative estimate of drug-likeness (QED) is 0.0379. The number of fused-ring (bicyclic) bond motifs is 2. The van der Waals surface area contributed by atoms with Crippen molar-refractivity contribution in [1.29, 1.82) is 5.26 Å². The molecule has 5 heterocycles. The first kappa shape index (κ1) is 61.3. The van der Waals surface area contributed by atoms with Gasteiger partial charge in [-0.3, -0.25) is 0 Å². The van der Waals surface area contributed by atoms with Gasteiger partial charge in [-0.2, -0.15) is 5.26 Å². The van der Waals surface area contributed by atoms with Gasteiger partial charge in [0.25, 0.3) is 0 Å². The van der Waals surface area contributed by atoms with Gasteiger partial charge in [-0.05, 0) is 146 Å². The van der Waals surface area contributed by atoms with E-state index in [1.807, 2.05) is 30.4 Å². The smallest absolute Gasteiger partial charge is 0.127 e. The second-order valence-electron chi connectivity index (χ2n) is 23.7. The minimum Gasteiger partial charge on any atom is -0.494 e. The first-order valence-electron chi connectivity index (χ1n) is 32.2. The van der Waals surface area contributed by atoms with Gasteiger partial charge in [0.1, 0.15) is 11.5 Å². The average Bonchev–Trinajstić information content (AvgIpc) is 1.52. The molecule has 446 valence electrons. The number of rotatable bonds is 27. The summed E-state index contributed by atoms with van der Waals surface area (Å²) in [6.45, 7) is 16.9. The van der Waals surface area contributed by atoms with Crippen LogP contribution in [0.15, 0.2) is 182 Å². The van der Waals surface area contributed by atoms with E-state index in [9.17, 15) is 5.26 Å². The molecule has 0 aliphatic heterocycles. The summed E-state index contributed by atoms with van der Waals surface area (Å²) in [4.78, 5) is 15.8. The number of benzene rings is 6. The monoisotopic (exact) mass is 1190 g/mol. The first-order chi connectivity index (χ1) is 43.2. The molecule has 11 aromatic rings. The molecule has 0 aliphatic carbocycles. The Hall–Kier alpha value is -8.35. The number of unbranched alkanes of at least 4 members (excludes halogenated alkanes) is 7. The molecule has 0 saturated heterocycles. The minimum absolute atomic E-state index is 0.504. The molecular weight excluding hydrogens is 1110 g/mol. The maximum absolute atomic E-state index is 9.70. The highest BCUT2D eigenvalue weighted by atomic mass is 32.1. The minimum atomic E-state index is 0.504. The normalized spacial score (nSPS) is 12.0. The standard InChI is InChI=1S/C80H82N4O2S2/c1-8-12-15-23-46-85-63-35-38-65(56(7)50-63)58-31-33-59(34-32-58)75-69(51-57(11-4)25-14-10-3)70-52-62(66-37-30-54(5)49-71(66)86-47-24-16-13-9-2)44-45-84(70)80(75)74-43-42-73(88-74)68-40-39-67(72-41-36-64(87-72)48-55(6)53-81)78-79(68)83-77(61-28-21-18-22-29-61)76(82-78)60-26-19-17-20-27-60/h17-22,26-45,48-50,52,57H,8-16,23-25,46-47,51H2,1-7H3/b55-48-. The topological polar surface area (TPSA) is 72.4 Å². The van der Waals surface area contributed by atoms with Crippen LogP contribution in [-0.4, -0.2) is 27.6 Å². The lowest BCUT2D eigenvalue weighted by molar-refractivity contribution is 0.305. The summed E-state index contributed by atoms with van der Waals surface area (Å²) in [5.41, 5.74) is 21.4. The third-order valence-electron chi connectivity index (χ3n) is 17.2. The zero-order chi connectivity index (χ0) is 60.9. The number of hydrogen-bond acceptors (Lipinski definition) is 7. The van der Waals surface area contributed by atoms with Crippen molar-refractivity contribution >= 4 is 45.3 Å². The van der Waals surface area contributed by atoms with E-state index >= 15 is 0 Å². The van der Waals surface area contributed by atoms with Crippen molar-refractivity contribution in [3.63, 3.8) is 0 Å². The van der Waals surface area contributed by atoms with E-state index < -0.39 is 0 Å². The summed E-state index contributed by atoms with van der Waals surface area (Å²) in [5, 5.41) is 9.70. The Kier molecular flexibility index (Phi) is 20.3. The largest absolute Gasteiger partial charge is 0.494 e. The van der Waals surface area contributed by atoms with Crippen LogP contribution >= 0.6 is 22.7 Å². The van der Waals surface area contributed by atoms with Crippen LogP contribution in [0, 0.1) is 31.1 Å². The molecule has 0 radical (unpaired) electrons. The van der Waals surface area contributed by atoms with Gasteiger partial charge in [-0.15, -0.1) is 22.7 Å². The van der Waals surface area contributed by atoms with Gasteiger partial charge in [-0.25, -0.2) is 9.97 Å². The van der Waals surface area contributed by atoms with Gasteiger partial charge >= 0.3 is 0 Å². The van der Waals surface area contributed by atoms with Gasteiger partial charge < -0.3 is 13.9 Å². The van der Waals surface area contributed by atoms with E-state index in [1.165, 1.54) is 113 Å².